The molecule has 1 heterocycles. The number of hydrogen-bond donors (Lipinski definition) is 3. The highest BCUT2D eigenvalue weighted by Crippen LogP contribution is 2.47. The van der Waals surface area contributed by atoms with Crippen LogP contribution in [-0.4, -0.2) is 17.0 Å². The van der Waals surface area contributed by atoms with Crippen LogP contribution in [0.15, 0.2) is 62.7 Å². The minimum Gasteiger partial charge on any atom is -0.691 e. The largest absolute Gasteiger partial charge is 0.691 e. The summed E-state index contributed by atoms with van der Waals surface area (Å²) in [5, 5.41) is 46.5. The van der Waals surface area contributed by atoms with Crippen LogP contribution < -0.4 is 21.5 Å². The summed E-state index contributed by atoms with van der Waals surface area (Å²) < 4.78 is 15.0. The minimum absolute atomic E-state index is 0.0557. The molecule has 0 fully saturated rings. The molecule has 0 saturated heterocycles. The van der Waals surface area contributed by atoms with Crippen LogP contribution in [0.1, 0.15) is 24.2 Å². The van der Waals surface area contributed by atoms with Crippen molar-refractivity contribution in [2.24, 2.45) is 0 Å². The Balaban J connectivity index is 0.000000886. The fourth-order valence-corrected chi connectivity index (χ4v) is 4.39. The van der Waals surface area contributed by atoms with Crippen LogP contribution in [0.2, 0.25) is 0 Å². The van der Waals surface area contributed by atoms with E-state index in [-0.39, 0.29) is 43.5 Å². The molecule has 0 atom stereocenters. The molecule has 0 amide bonds. The van der Waals surface area contributed by atoms with Crippen molar-refractivity contribution in [2.45, 2.75) is 23.6 Å². The number of aromatic carboxylic acids is 1. The molecule has 1 aliphatic heterocycles. The predicted octanol–water partition coefficient (Wildman–Crippen LogP) is 2.88. The van der Waals surface area contributed by atoms with E-state index in [0.717, 1.165) is 0 Å². The molecular formula is C23H18N2O10S2-2. The average molecular weight is 547 g/mol. The molecule has 14 heteroatoms. The molecule has 2 aliphatic rings. The Bertz CT molecular complexity index is 1470. The van der Waals surface area contributed by atoms with Crippen LogP contribution in [0, 0.1) is 5.41 Å². The molecule has 12 nitrogen and oxygen atoms in total. The van der Waals surface area contributed by atoms with E-state index in [0.29, 0.717) is 46.2 Å². The molecule has 37 heavy (non-hydrogen) atoms. The molecule has 4 N–H and O–H groups in total. The number of anilines is 1. The summed E-state index contributed by atoms with van der Waals surface area (Å²) in [5.74, 6) is -1.15. The van der Waals surface area contributed by atoms with Crippen LogP contribution >= 0.6 is 24.1 Å². The lowest BCUT2D eigenvalue weighted by atomic mass is 9.90. The molecule has 0 unspecified atom stereocenters. The third-order valence-electron chi connectivity index (χ3n) is 4.71. The van der Waals surface area contributed by atoms with Gasteiger partial charge >= 0.3 is 0 Å². The Morgan fingerprint density at radius 2 is 1.68 bits per heavy atom. The first-order valence-corrected chi connectivity index (χ1v) is 11.6. The Labute approximate surface area is 217 Å². The number of benzene rings is 3. The summed E-state index contributed by atoms with van der Waals surface area (Å²) in [7, 11) is 0. The molecule has 0 spiro atoms. The molecule has 194 valence electrons. The van der Waals surface area contributed by atoms with Gasteiger partial charge < -0.3 is 30.1 Å². The number of nitrogens with two attached hydrogens (primary N) is 1. The normalized spacial score (nSPS) is 10.8. The molecule has 0 aromatic heterocycles. The second-order valence-corrected chi connectivity index (χ2v) is 8.77. The standard InChI is InChI=1S/C20H14N2O9S2.C3H6O/c21-13-7-5-11-15(9-3-1-2-4-10(9)20(23)24)12-6-8-14(22)19(33-31-29-26)17(12)27-16(11)18(13)32-30-28-25;1-3(2)4/h1-8,21,25-26H,22H2,(H,23,24);1-2H3/p-2. The first kappa shape index (κ1) is 28.1. The van der Waals surface area contributed by atoms with Gasteiger partial charge in [-0.05, 0) is 43.7 Å². The quantitative estimate of drug-likeness (QED) is 0.0958. The summed E-state index contributed by atoms with van der Waals surface area (Å²) in [4.78, 5) is 21.6. The average Bonchev–Trinajstić information content (AvgIpc) is 2.86. The minimum atomic E-state index is -1.40. The van der Waals surface area contributed by atoms with E-state index < -0.39 is 5.97 Å². The summed E-state index contributed by atoms with van der Waals surface area (Å²) in [6.07, 6.45) is 0. The van der Waals surface area contributed by atoms with Crippen molar-refractivity contribution >= 4 is 52.5 Å². The number of Topliss-reactive ketones (excluding diaryl/α,β-unsaturated/α-hetero) is 1. The zero-order valence-corrected chi connectivity index (χ0v) is 20.8. The maximum atomic E-state index is 11.9. The van der Waals surface area contributed by atoms with Gasteiger partial charge in [-0.1, -0.05) is 29.3 Å². The fourth-order valence-electron chi connectivity index (χ4n) is 3.42. The van der Waals surface area contributed by atoms with Crippen LogP contribution in [-0.2, 0) is 23.5 Å². The number of ketones is 1. The first-order valence-electron chi connectivity index (χ1n) is 10.1. The fraction of sp³-hybridized carbons (Fsp3) is 0.0870. The van der Waals surface area contributed by atoms with Gasteiger partial charge in [0.1, 0.15) is 15.6 Å². The number of nitrogen functional groups attached to an aromatic ring is 1. The number of fused-ring (bicyclic) bond motifs is 2. The Morgan fingerprint density at radius 3 is 2.32 bits per heavy atom. The van der Waals surface area contributed by atoms with Gasteiger partial charge in [-0.2, -0.15) is 4.33 Å². The second kappa shape index (κ2) is 12.7. The zero-order chi connectivity index (χ0) is 27.1. The number of carbonyl (C=O) groups is 2. The SMILES string of the molecule is CC(C)=O.N=c1ccc2c(-c3ccccc3C(=O)[O-])c3ccc(N)c(SOOO)c3oc-2c1SOO[O-]. The lowest BCUT2D eigenvalue weighted by Crippen LogP contribution is -2.23. The van der Waals surface area contributed by atoms with E-state index in [2.05, 4.69) is 18.7 Å². The van der Waals surface area contributed by atoms with E-state index in [4.69, 9.17) is 20.8 Å². The van der Waals surface area contributed by atoms with Crippen LogP contribution in [0.5, 0.6) is 0 Å². The molecule has 1 aliphatic carbocycles. The van der Waals surface area contributed by atoms with Gasteiger partial charge in [0.2, 0.25) is 0 Å². The summed E-state index contributed by atoms with van der Waals surface area (Å²) in [5.41, 5.74) is 7.42. The molecule has 2 aromatic rings. The van der Waals surface area contributed by atoms with Gasteiger partial charge in [-0.25, -0.2) is 5.26 Å². The first-order chi connectivity index (χ1) is 17.7. The monoisotopic (exact) mass is 546 g/mol. The number of hydrogen-bond acceptors (Lipinski definition) is 14. The van der Waals surface area contributed by atoms with Gasteiger partial charge in [0.15, 0.2) is 11.3 Å². The number of carbonyl (C=O) groups excluding carboxylic acids is 2. The summed E-state index contributed by atoms with van der Waals surface area (Å²) >= 11 is 0.997. The molecule has 0 radical (unpaired) electrons. The van der Waals surface area contributed by atoms with Crippen molar-refractivity contribution in [1.82, 2.24) is 0 Å². The number of carboxylic acid groups (broad SMARTS) is 1. The van der Waals surface area contributed by atoms with Crippen molar-refractivity contribution in [1.29, 1.82) is 5.41 Å². The zero-order valence-electron chi connectivity index (χ0n) is 19.1. The Kier molecular flexibility index (Phi) is 9.62. The van der Waals surface area contributed by atoms with Crippen molar-refractivity contribution in [3.63, 3.8) is 0 Å². The van der Waals surface area contributed by atoms with Gasteiger partial charge in [0.25, 0.3) is 0 Å². The third kappa shape index (κ3) is 6.27. The van der Waals surface area contributed by atoms with Gasteiger partial charge in [0, 0.05) is 22.1 Å². The molecule has 4 rings (SSSR count). The summed E-state index contributed by atoms with van der Waals surface area (Å²) in [6, 6.07) is 12.4. The van der Waals surface area contributed by atoms with Crippen molar-refractivity contribution in [3.05, 3.63) is 59.5 Å². The van der Waals surface area contributed by atoms with Crippen molar-refractivity contribution < 1.29 is 48.4 Å². The van der Waals surface area contributed by atoms with Crippen LogP contribution in [0.4, 0.5) is 5.69 Å². The molecule has 0 saturated carbocycles. The maximum Gasteiger partial charge on any atom is 0.153 e. The lowest BCUT2D eigenvalue weighted by Gasteiger charge is -2.21. The van der Waals surface area contributed by atoms with E-state index in [1.54, 1.807) is 36.4 Å². The topological polar surface area (TPSA) is 200 Å². The Hall–Kier alpha value is -3.47. The Morgan fingerprint density at radius 1 is 1.00 bits per heavy atom. The molecular weight excluding hydrogens is 528 g/mol. The highest BCUT2D eigenvalue weighted by atomic mass is 32.2. The van der Waals surface area contributed by atoms with Gasteiger partial charge in [-0.15, -0.1) is 4.33 Å². The van der Waals surface area contributed by atoms with Crippen molar-refractivity contribution in [2.75, 3.05) is 5.73 Å². The maximum absolute atomic E-state index is 11.9. The number of nitrogens with one attached hydrogen (secondary N) is 1. The second-order valence-electron chi connectivity index (χ2n) is 7.34. The smallest absolute Gasteiger partial charge is 0.153 e. The van der Waals surface area contributed by atoms with Gasteiger partial charge in [0.05, 0.1) is 41.1 Å². The van der Waals surface area contributed by atoms with E-state index in [9.17, 15) is 20.0 Å². The van der Waals surface area contributed by atoms with E-state index in [1.165, 1.54) is 26.0 Å². The highest BCUT2D eigenvalue weighted by Gasteiger charge is 2.25. The predicted molar refractivity (Wildman–Crippen MR) is 128 cm³/mol. The highest BCUT2D eigenvalue weighted by molar-refractivity contribution is 7.95. The van der Waals surface area contributed by atoms with Gasteiger partial charge in [-0.3, -0.25) is 10.4 Å². The summed E-state index contributed by atoms with van der Waals surface area (Å²) in [6.45, 7) is 3.06. The van der Waals surface area contributed by atoms with Crippen molar-refractivity contribution in [3.8, 4) is 22.5 Å². The lowest BCUT2D eigenvalue weighted by molar-refractivity contribution is -0.777. The number of carboxylic acids is 1. The van der Waals surface area contributed by atoms with Crippen LogP contribution in [0.25, 0.3) is 33.4 Å². The van der Waals surface area contributed by atoms with E-state index >= 15 is 0 Å². The van der Waals surface area contributed by atoms with Crippen LogP contribution in [0.3, 0.4) is 0 Å². The van der Waals surface area contributed by atoms with E-state index in [1.807, 2.05) is 0 Å². The third-order valence-corrected chi connectivity index (χ3v) is 6.12. The molecule has 0 bridgehead atoms. The molecule has 2 aromatic carbocycles. The number of rotatable bonds is 8.